The van der Waals surface area contributed by atoms with Crippen LogP contribution in [0.5, 0.6) is 0 Å². The van der Waals surface area contributed by atoms with Crippen molar-refractivity contribution in [1.82, 2.24) is 5.32 Å². The lowest BCUT2D eigenvalue weighted by atomic mass is 9.86. The van der Waals surface area contributed by atoms with Gasteiger partial charge in [0.2, 0.25) is 0 Å². The van der Waals surface area contributed by atoms with Crippen LogP contribution in [0, 0.1) is 11.8 Å². The fourth-order valence-electron chi connectivity index (χ4n) is 1.91. The van der Waals surface area contributed by atoms with Crippen LogP contribution >= 0.6 is 0 Å². The number of hydrogen-bond donors (Lipinski definition) is 1. The average molecular weight is 171 g/mol. The third kappa shape index (κ3) is 4.76. The van der Waals surface area contributed by atoms with Crippen molar-refractivity contribution in [2.75, 3.05) is 13.6 Å². The normalized spacial score (nSPS) is 16.0. The zero-order valence-electron chi connectivity index (χ0n) is 9.19. The summed E-state index contributed by atoms with van der Waals surface area (Å²) in [6, 6.07) is 0. The Labute approximate surface area is 77.9 Å². The molecule has 2 unspecified atom stereocenters. The van der Waals surface area contributed by atoms with E-state index in [0.29, 0.717) is 0 Å². The molecule has 12 heavy (non-hydrogen) atoms. The lowest BCUT2D eigenvalue weighted by Gasteiger charge is -2.21. The molecule has 1 N–H and O–H groups in total. The first-order valence-electron chi connectivity index (χ1n) is 5.40. The summed E-state index contributed by atoms with van der Waals surface area (Å²) in [5.41, 5.74) is 0. The second-order valence-electron chi connectivity index (χ2n) is 3.83. The fourth-order valence-corrected chi connectivity index (χ4v) is 1.91. The monoisotopic (exact) mass is 171 g/mol. The molecule has 0 saturated carbocycles. The van der Waals surface area contributed by atoms with E-state index in [1.807, 2.05) is 7.05 Å². The minimum atomic E-state index is 0.911. The molecule has 0 bridgehead atoms. The first kappa shape index (κ1) is 12.0. The van der Waals surface area contributed by atoms with Gasteiger partial charge in [-0.05, 0) is 31.8 Å². The molecule has 1 nitrogen and oxygen atoms in total. The van der Waals surface area contributed by atoms with Gasteiger partial charge in [0.1, 0.15) is 0 Å². The fraction of sp³-hybridized carbons (Fsp3) is 1.00. The van der Waals surface area contributed by atoms with Crippen LogP contribution in [0.2, 0.25) is 0 Å². The highest BCUT2D eigenvalue weighted by Gasteiger charge is 2.13. The maximum atomic E-state index is 3.23. The van der Waals surface area contributed by atoms with Crippen LogP contribution in [0.3, 0.4) is 0 Å². The van der Waals surface area contributed by atoms with Crippen molar-refractivity contribution in [3.63, 3.8) is 0 Å². The summed E-state index contributed by atoms with van der Waals surface area (Å²) in [5.74, 6) is 1.84. The molecular weight excluding hydrogens is 146 g/mol. The van der Waals surface area contributed by atoms with Crippen molar-refractivity contribution in [1.29, 1.82) is 0 Å². The largest absolute Gasteiger partial charge is 0.320 e. The first-order valence-corrected chi connectivity index (χ1v) is 5.40. The lowest BCUT2D eigenvalue weighted by Crippen LogP contribution is -2.17. The van der Waals surface area contributed by atoms with Gasteiger partial charge in [-0.1, -0.05) is 40.0 Å². The van der Waals surface area contributed by atoms with Crippen LogP contribution in [0.1, 0.15) is 46.5 Å². The van der Waals surface area contributed by atoms with Gasteiger partial charge in [0.15, 0.2) is 0 Å². The van der Waals surface area contributed by atoms with Crippen molar-refractivity contribution in [3.05, 3.63) is 0 Å². The summed E-state index contributed by atoms with van der Waals surface area (Å²) in [4.78, 5) is 0. The van der Waals surface area contributed by atoms with Gasteiger partial charge in [-0.15, -0.1) is 0 Å². The molecule has 0 aromatic heterocycles. The van der Waals surface area contributed by atoms with E-state index >= 15 is 0 Å². The van der Waals surface area contributed by atoms with Gasteiger partial charge in [-0.2, -0.15) is 0 Å². The van der Waals surface area contributed by atoms with E-state index < -0.39 is 0 Å². The molecule has 2 atom stereocenters. The van der Waals surface area contributed by atoms with E-state index in [4.69, 9.17) is 0 Å². The Bertz CT molecular complexity index is 91.0. The summed E-state index contributed by atoms with van der Waals surface area (Å²) in [6.45, 7) is 8.16. The van der Waals surface area contributed by atoms with E-state index in [1.54, 1.807) is 0 Å². The SMILES string of the molecule is CCCC(C)C(CC)CCNC. The third-order valence-corrected chi connectivity index (χ3v) is 2.84. The van der Waals surface area contributed by atoms with E-state index in [-0.39, 0.29) is 0 Å². The molecule has 0 saturated heterocycles. The smallest absolute Gasteiger partial charge is 0.00492 e. The molecule has 0 radical (unpaired) electrons. The highest BCUT2D eigenvalue weighted by atomic mass is 14.8. The zero-order valence-corrected chi connectivity index (χ0v) is 9.19. The molecule has 0 heterocycles. The van der Waals surface area contributed by atoms with Gasteiger partial charge in [0.05, 0.1) is 0 Å². The Balaban J connectivity index is 3.62. The van der Waals surface area contributed by atoms with E-state index in [2.05, 4.69) is 26.1 Å². The summed E-state index contributed by atoms with van der Waals surface area (Å²) in [5, 5.41) is 3.23. The standard InChI is InChI=1S/C11H25N/c1-5-7-10(3)11(6-2)8-9-12-4/h10-12H,5-9H2,1-4H3. The minimum absolute atomic E-state index is 0.911. The van der Waals surface area contributed by atoms with Gasteiger partial charge in [0.25, 0.3) is 0 Å². The molecule has 74 valence electrons. The Morgan fingerprint density at radius 1 is 1.17 bits per heavy atom. The van der Waals surface area contributed by atoms with Gasteiger partial charge in [0, 0.05) is 0 Å². The Morgan fingerprint density at radius 2 is 1.83 bits per heavy atom. The summed E-state index contributed by atoms with van der Waals surface area (Å²) < 4.78 is 0. The highest BCUT2D eigenvalue weighted by molar-refractivity contribution is 4.65. The molecule has 0 aromatic rings. The van der Waals surface area contributed by atoms with Crippen molar-refractivity contribution in [3.8, 4) is 0 Å². The maximum absolute atomic E-state index is 3.23. The van der Waals surface area contributed by atoms with E-state index in [1.165, 1.54) is 32.2 Å². The predicted molar refractivity (Wildman–Crippen MR) is 56.4 cm³/mol. The molecule has 0 spiro atoms. The van der Waals surface area contributed by atoms with Crippen LogP contribution in [-0.4, -0.2) is 13.6 Å². The van der Waals surface area contributed by atoms with Crippen LogP contribution in [0.4, 0.5) is 0 Å². The first-order chi connectivity index (χ1) is 5.76. The summed E-state index contributed by atoms with van der Waals surface area (Å²) in [7, 11) is 2.04. The molecule has 0 aromatic carbocycles. The lowest BCUT2D eigenvalue weighted by molar-refractivity contribution is 0.305. The predicted octanol–water partition coefficient (Wildman–Crippen LogP) is 3.06. The summed E-state index contributed by atoms with van der Waals surface area (Å²) in [6.07, 6.45) is 5.40. The number of rotatable bonds is 7. The molecule has 0 amide bonds. The quantitative estimate of drug-likeness (QED) is 0.621. The zero-order chi connectivity index (χ0) is 9.40. The van der Waals surface area contributed by atoms with Gasteiger partial charge in [-0.25, -0.2) is 0 Å². The third-order valence-electron chi connectivity index (χ3n) is 2.84. The number of hydrogen-bond acceptors (Lipinski definition) is 1. The average Bonchev–Trinajstić information content (AvgIpc) is 2.06. The van der Waals surface area contributed by atoms with Crippen LogP contribution in [-0.2, 0) is 0 Å². The minimum Gasteiger partial charge on any atom is -0.320 e. The molecular formula is C11H25N. The maximum Gasteiger partial charge on any atom is -0.00492 e. The Hall–Kier alpha value is -0.0400. The van der Waals surface area contributed by atoms with Gasteiger partial charge >= 0.3 is 0 Å². The second kappa shape index (κ2) is 7.60. The van der Waals surface area contributed by atoms with Crippen molar-refractivity contribution < 1.29 is 0 Å². The van der Waals surface area contributed by atoms with Crippen LogP contribution < -0.4 is 5.32 Å². The second-order valence-corrected chi connectivity index (χ2v) is 3.83. The molecule has 0 fully saturated rings. The Kier molecular flexibility index (Phi) is 7.58. The van der Waals surface area contributed by atoms with E-state index in [0.717, 1.165) is 11.8 Å². The highest BCUT2D eigenvalue weighted by Crippen LogP contribution is 2.22. The van der Waals surface area contributed by atoms with Crippen LogP contribution in [0.15, 0.2) is 0 Å². The topological polar surface area (TPSA) is 12.0 Å². The molecule has 0 aliphatic rings. The van der Waals surface area contributed by atoms with Crippen molar-refractivity contribution in [2.24, 2.45) is 11.8 Å². The Morgan fingerprint density at radius 3 is 2.25 bits per heavy atom. The van der Waals surface area contributed by atoms with E-state index in [9.17, 15) is 0 Å². The van der Waals surface area contributed by atoms with Crippen molar-refractivity contribution >= 4 is 0 Å². The molecule has 0 aliphatic heterocycles. The molecule has 1 heteroatoms. The van der Waals surface area contributed by atoms with Gasteiger partial charge < -0.3 is 5.32 Å². The van der Waals surface area contributed by atoms with Gasteiger partial charge in [-0.3, -0.25) is 0 Å². The van der Waals surface area contributed by atoms with Crippen molar-refractivity contribution in [2.45, 2.75) is 46.5 Å². The number of nitrogens with one attached hydrogen (secondary N) is 1. The van der Waals surface area contributed by atoms with Crippen LogP contribution in [0.25, 0.3) is 0 Å². The summed E-state index contributed by atoms with van der Waals surface area (Å²) >= 11 is 0. The molecule has 0 aliphatic carbocycles. The molecule has 0 rings (SSSR count).